The van der Waals surface area contributed by atoms with Crippen molar-refractivity contribution in [3.8, 4) is 0 Å². The Bertz CT molecular complexity index is 487. The fraction of sp³-hybridized carbons (Fsp3) is 0.588. The van der Waals surface area contributed by atoms with Gasteiger partial charge in [0.2, 0.25) is 0 Å². The Labute approximate surface area is 132 Å². The summed E-state index contributed by atoms with van der Waals surface area (Å²) >= 11 is 1.89. The second-order valence-corrected chi connectivity index (χ2v) is 6.42. The van der Waals surface area contributed by atoms with Gasteiger partial charge in [-0.25, -0.2) is 0 Å². The molecule has 1 aromatic rings. The van der Waals surface area contributed by atoms with Gasteiger partial charge in [0.05, 0.1) is 18.6 Å². The zero-order chi connectivity index (χ0) is 15.3. The molecule has 0 N–H and O–H groups in total. The third-order valence-corrected chi connectivity index (χ3v) is 5.35. The van der Waals surface area contributed by atoms with Gasteiger partial charge >= 0.3 is 5.97 Å². The summed E-state index contributed by atoms with van der Waals surface area (Å²) in [6, 6.07) is 8.50. The first-order valence-electron chi connectivity index (χ1n) is 7.81. The number of carbonyl (C=O) groups excluding carboxylic acids is 1. The molecule has 0 radical (unpaired) electrons. The summed E-state index contributed by atoms with van der Waals surface area (Å²) in [5, 5.41) is 0. The van der Waals surface area contributed by atoms with Crippen LogP contribution in [0.5, 0.6) is 0 Å². The number of ether oxygens (including phenoxy) is 1. The van der Waals surface area contributed by atoms with Crippen LogP contribution in [0.15, 0.2) is 29.2 Å². The molecule has 21 heavy (non-hydrogen) atoms. The van der Waals surface area contributed by atoms with Gasteiger partial charge in [-0.1, -0.05) is 32.0 Å². The molecule has 0 amide bonds. The van der Waals surface area contributed by atoms with E-state index in [2.05, 4.69) is 43.0 Å². The first-order valence-corrected chi connectivity index (χ1v) is 8.79. The number of esters is 1. The fourth-order valence-corrected chi connectivity index (χ4v) is 4.59. The normalized spacial score (nSPS) is 21.1. The summed E-state index contributed by atoms with van der Waals surface area (Å²) in [4.78, 5) is 15.9. The maximum Gasteiger partial charge on any atom is 0.308 e. The second-order valence-electron chi connectivity index (χ2n) is 5.28. The van der Waals surface area contributed by atoms with Gasteiger partial charge in [0.1, 0.15) is 0 Å². The zero-order valence-electron chi connectivity index (χ0n) is 13.2. The smallest absolute Gasteiger partial charge is 0.308 e. The Morgan fingerprint density at radius 3 is 2.67 bits per heavy atom. The van der Waals surface area contributed by atoms with Crippen molar-refractivity contribution in [2.24, 2.45) is 0 Å². The highest BCUT2D eigenvalue weighted by Gasteiger charge is 2.42. The van der Waals surface area contributed by atoms with Crippen LogP contribution in [0.1, 0.15) is 39.2 Å². The third kappa shape index (κ3) is 3.27. The molecular weight excluding hydrogens is 282 g/mol. The summed E-state index contributed by atoms with van der Waals surface area (Å²) in [6.07, 6.45) is 1.44. The highest BCUT2D eigenvalue weighted by Crippen LogP contribution is 2.46. The first kappa shape index (κ1) is 16.4. The van der Waals surface area contributed by atoms with Crippen molar-refractivity contribution < 1.29 is 9.53 Å². The highest BCUT2D eigenvalue weighted by molar-refractivity contribution is 7.99. The van der Waals surface area contributed by atoms with E-state index >= 15 is 0 Å². The molecule has 1 unspecified atom stereocenters. The Morgan fingerprint density at radius 2 is 2.00 bits per heavy atom. The Morgan fingerprint density at radius 1 is 1.29 bits per heavy atom. The van der Waals surface area contributed by atoms with E-state index < -0.39 is 0 Å². The molecule has 2 rings (SSSR count). The molecular formula is C17H25NO2S. The van der Waals surface area contributed by atoms with Crippen molar-refractivity contribution >= 4 is 17.7 Å². The minimum absolute atomic E-state index is 0.0916. The van der Waals surface area contributed by atoms with Crippen LogP contribution in [-0.2, 0) is 15.1 Å². The van der Waals surface area contributed by atoms with Gasteiger partial charge in [0.25, 0.3) is 0 Å². The number of hydrogen-bond donors (Lipinski definition) is 0. The van der Waals surface area contributed by atoms with Crippen LogP contribution in [0, 0.1) is 0 Å². The van der Waals surface area contributed by atoms with Crippen molar-refractivity contribution in [1.29, 1.82) is 0 Å². The van der Waals surface area contributed by atoms with Gasteiger partial charge in [0, 0.05) is 10.6 Å². The standard InChI is InChI=1S/C17H25NO2S/c1-4-18(5-2)17(13-16(19)20-6-3)11-12-21-15-10-8-7-9-14(15)17/h7-10H,4-6,11-13H2,1-3H3. The van der Waals surface area contributed by atoms with Crippen LogP contribution in [0.4, 0.5) is 0 Å². The van der Waals surface area contributed by atoms with Gasteiger partial charge in [0.15, 0.2) is 0 Å². The average Bonchev–Trinajstić information content (AvgIpc) is 2.49. The van der Waals surface area contributed by atoms with Crippen molar-refractivity contribution in [3.05, 3.63) is 29.8 Å². The maximum atomic E-state index is 12.2. The van der Waals surface area contributed by atoms with E-state index in [-0.39, 0.29) is 11.5 Å². The van der Waals surface area contributed by atoms with E-state index in [4.69, 9.17) is 4.74 Å². The molecule has 1 aromatic carbocycles. The molecule has 116 valence electrons. The van der Waals surface area contributed by atoms with Crippen LogP contribution < -0.4 is 0 Å². The van der Waals surface area contributed by atoms with E-state index in [1.54, 1.807) is 0 Å². The molecule has 1 atom stereocenters. The van der Waals surface area contributed by atoms with Gasteiger partial charge in [-0.2, -0.15) is 0 Å². The van der Waals surface area contributed by atoms with Crippen molar-refractivity contribution in [2.45, 2.75) is 44.0 Å². The minimum Gasteiger partial charge on any atom is -0.466 e. The SMILES string of the molecule is CCOC(=O)CC1(N(CC)CC)CCSc2ccccc21. The van der Waals surface area contributed by atoms with E-state index in [1.165, 1.54) is 10.5 Å². The third-order valence-electron chi connectivity index (χ3n) is 4.27. The summed E-state index contributed by atoms with van der Waals surface area (Å²) < 4.78 is 5.25. The molecule has 0 aromatic heterocycles. The fourth-order valence-electron chi connectivity index (χ4n) is 3.35. The van der Waals surface area contributed by atoms with Gasteiger partial charge < -0.3 is 4.74 Å². The Kier molecular flexibility index (Phi) is 5.71. The number of rotatable bonds is 6. The van der Waals surface area contributed by atoms with Crippen LogP contribution in [0.2, 0.25) is 0 Å². The number of hydrogen-bond acceptors (Lipinski definition) is 4. The highest BCUT2D eigenvalue weighted by atomic mass is 32.2. The molecule has 0 aliphatic carbocycles. The van der Waals surface area contributed by atoms with E-state index in [0.29, 0.717) is 13.0 Å². The van der Waals surface area contributed by atoms with Crippen LogP contribution in [0.3, 0.4) is 0 Å². The minimum atomic E-state index is -0.211. The van der Waals surface area contributed by atoms with E-state index in [9.17, 15) is 4.79 Å². The molecule has 1 aliphatic heterocycles. The van der Waals surface area contributed by atoms with Crippen LogP contribution in [0.25, 0.3) is 0 Å². The molecule has 0 fully saturated rings. The molecule has 0 saturated heterocycles. The average molecular weight is 307 g/mol. The largest absolute Gasteiger partial charge is 0.466 e. The van der Waals surface area contributed by atoms with Crippen molar-refractivity contribution in [1.82, 2.24) is 4.90 Å². The lowest BCUT2D eigenvalue weighted by molar-refractivity contribution is -0.147. The molecule has 1 aliphatic rings. The van der Waals surface area contributed by atoms with Gasteiger partial charge in [-0.05, 0) is 38.1 Å². The Balaban J connectivity index is 2.44. The van der Waals surface area contributed by atoms with Crippen LogP contribution >= 0.6 is 11.8 Å². The Hall–Kier alpha value is -1.00. The van der Waals surface area contributed by atoms with Crippen molar-refractivity contribution in [3.63, 3.8) is 0 Å². The van der Waals surface area contributed by atoms with Crippen molar-refractivity contribution in [2.75, 3.05) is 25.4 Å². The number of benzene rings is 1. The molecule has 3 nitrogen and oxygen atoms in total. The monoisotopic (exact) mass is 307 g/mol. The first-order chi connectivity index (χ1) is 10.2. The van der Waals surface area contributed by atoms with E-state index in [0.717, 1.165) is 25.3 Å². The van der Waals surface area contributed by atoms with Crippen LogP contribution in [-0.4, -0.2) is 36.3 Å². The van der Waals surface area contributed by atoms with Gasteiger partial charge in [-0.15, -0.1) is 11.8 Å². The predicted molar refractivity (Wildman–Crippen MR) is 87.6 cm³/mol. The number of carbonyl (C=O) groups is 1. The molecule has 1 heterocycles. The molecule has 0 bridgehead atoms. The van der Waals surface area contributed by atoms with Gasteiger partial charge in [-0.3, -0.25) is 9.69 Å². The number of fused-ring (bicyclic) bond motifs is 1. The predicted octanol–water partition coefficient (Wildman–Crippen LogP) is 3.67. The number of nitrogens with zero attached hydrogens (tertiary/aromatic N) is 1. The lowest BCUT2D eigenvalue weighted by atomic mass is 9.81. The van der Waals surface area contributed by atoms with E-state index in [1.807, 2.05) is 18.7 Å². The summed E-state index contributed by atoms with van der Waals surface area (Å²) in [5.74, 6) is 0.957. The second kappa shape index (κ2) is 7.32. The molecule has 4 heteroatoms. The maximum absolute atomic E-state index is 12.2. The summed E-state index contributed by atoms with van der Waals surface area (Å²) in [7, 11) is 0. The molecule has 0 spiro atoms. The zero-order valence-corrected chi connectivity index (χ0v) is 14.0. The lowest BCUT2D eigenvalue weighted by Gasteiger charge is -2.46. The number of thioether (sulfide) groups is 1. The topological polar surface area (TPSA) is 29.5 Å². The summed E-state index contributed by atoms with van der Waals surface area (Å²) in [5.41, 5.74) is 1.08. The summed E-state index contributed by atoms with van der Waals surface area (Å²) in [6.45, 7) is 8.53. The lowest BCUT2D eigenvalue weighted by Crippen LogP contribution is -2.49. The molecule has 0 saturated carbocycles. The quantitative estimate of drug-likeness (QED) is 0.750.